The molecule has 0 fully saturated rings. The Bertz CT molecular complexity index is 213. The minimum atomic E-state index is -1.75. The van der Waals surface area contributed by atoms with Crippen molar-refractivity contribution in [2.45, 2.75) is 26.3 Å². The first-order valence-electron chi connectivity index (χ1n) is 4.15. The van der Waals surface area contributed by atoms with Crippen LogP contribution in [-0.4, -0.2) is 32.8 Å². The van der Waals surface area contributed by atoms with E-state index in [0.29, 0.717) is 10.9 Å². The molecule has 1 aliphatic heterocycles. The molecule has 70 valence electrons. The number of nitrogens with zero attached hydrogens (tertiary/aromatic N) is 1. The van der Waals surface area contributed by atoms with Crippen LogP contribution >= 0.6 is 0 Å². The first kappa shape index (κ1) is 9.89. The molecule has 0 saturated heterocycles. The van der Waals surface area contributed by atoms with Gasteiger partial charge in [0.05, 0.1) is 0 Å². The Morgan fingerprint density at radius 1 is 1.67 bits per heavy atom. The molecular weight excluding hydrogens is 174 g/mol. The van der Waals surface area contributed by atoms with Crippen molar-refractivity contribution < 1.29 is 8.76 Å². The van der Waals surface area contributed by atoms with Gasteiger partial charge in [-0.3, -0.25) is 4.90 Å². The fourth-order valence-corrected chi connectivity index (χ4v) is 1.78. The second-order valence-electron chi connectivity index (χ2n) is 3.26. The third-order valence-electron chi connectivity index (χ3n) is 2.15. The molecule has 1 atom stereocenters. The van der Waals surface area contributed by atoms with Crippen LogP contribution in [0.4, 0.5) is 0 Å². The van der Waals surface area contributed by atoms with Crippen LogP contribution in [0.2, 0.25) is 0 Å². The largest absolute Gasteiger partial charge is 0.302 e. The van der Waals surface area contributed by atoms with E-state index in [2.05, 4.69) is 18.7 Å². The van der Waals surface area contributed by atoms with Crippen LogP contribution < -0.4 is 0 Å². The zero-order valence-corrected chi connectivity index (χ0v) is 8.30. The molecule has 1 N–H and O–H groups in total. The normalized spacial score (nSPS) is 22.5. The van der Waals surface area contributed by atoms with Crippen LogP contribution in [-0.2, 0) is 11.1 Å². The van der Waals surface area contributed by atoms with Gasteiger partial charge < -0.3 is 4.55 Å². The lowest BCUT2D eigenvalue weighted by molar-refractivity contribution is 0.241. The monoisotopic (exact) mass is 189 g/mol. The molecule has 4 heteroatoms. The Kier molecular flexibility index (Phi) is 3.43. The highest BCUT2D eigenvalue weighted by Gasteiger charge is 2.16. The van der Waals surface area contributed by atoms with Crippen LogP contribution in [0.15, 0.2) is 11.0 Å². The molecule has 0 aromatic heterocycles. The van der Waals surface area contributed by atoms with Gasteiger partial charge in [-0.2, -0.15) is 0 Å². The van der Waals surface area contributed by atoms with E-state index in [0.717, 1.165) is 19.5 Å². The van der Waals surface area contributed by atoms with Crippen LogP contribution in [0.3, 0.4) is 0 Å². The summed E-state index contributed by atoms with van der Waals surface area (Å²) < 4.78 is 19.4. The van der Waals surface area contributed by atoms with Gasteiger partial charge in [0.25, 0.3) is 0 Å². The molecule has 0 aromatic carbocycles. The van der Waals surface area contributed by atoms with Gasteiger partial charge >= 0.3 is 0 Å². The zero-order valence-electron chi connectivity index (χ0n) is 7.49. The summed E-state index contributed by atoms with van der Waals surface area (Å²) in [6, 6.07) is 0.523. The second kappa shape index (κ2) is 4.16. The van der Waals surface area contributed by atoms with E-state index in [4.69, 9.17) is 4.55 Å². The Balaban J connectivity index is 2.53. The van der Waals surface area contributed by atoms with E-state index >= 15 is 0 Å². The molecule has 1 rings (SSSR count). The van der Waals surface area contributed by atoms with E-state index < -0.39 is 11.1 Å². The molecule has 0 saturated carbocycles. The van der Waals surface area contributed by atoms with E-state index in [1.165, 1.54) is 0 Å². The number of hydrogen-bond donors (Lipinski definition) is 1. The highest BCUT2D eigenvalue weighted by Crippen LogP contribution is 2.14. The maximum Gasteiger partial charge on any atom is 0.182 e. The summed E-state index contributed by atoms with van der Waals surface area (Å²) >= 11 is -1.75. The summed E-state index contributed by atoms with van der Waals surface area (Å²) in [5, 5.41) is 0. The fourth-order valence-electron chi connectivity index (χ4n) is 1.29. The van der Waals surface area contributed by atoms with Gasteiger partial charge in [0.1, 0.15) is 0 Å². The lowest BCUT2D eigenvalue weighted by atomic mass is 10.2. The summed E-state index contributed by atoms with van der Waals surface area (Å²) in [5.41, 5.74) is 0. The molecule has 1 heterocycles. The van der Waals surface area contributed by atoms with Crippen molar-refractivity contribution >= 4 is 11.1 Å². The summed E-state index contributed by atoms with van der Waals surface area (Å²) in [7, 11) is 0. The van der Waals surface area contributed by atoms with Gasteiger partial charge in [0.15, 0.2) is 11.1 Å². The molecule has 0 aromatic rings. The van der Waals surface area contributed by atoms with E-state index in [9.17, 15) is 4.21 Å². The first-order chi connectivity index (χ1) is 5.61. The standard InChI is InChI=1S/C8H15NO2S/c1-7(2)9-5-3-8(4-6-9)12(10)11/h3,7H,4-6H2,1-2H3,(H,10,11). The van der Waals surface area contributed by atoms with E-state index in [1.54, 1.807) is 0 Å². The topological polar surface area (TPSA) is 40.5 Å². The summed E-state index contributed by atoms with van der Waals surface area (Å²) in [5.74, 6) is 0. The third kappa shape index (κ3) is 2.40. The second-order valence-corrected chi connectivity index (χ2v) is 4.28. The molecule has 0 radical (unpaired) electrons. The minimum Gasteiger partial charge on any atom is -0.302 e. The molecule has 0 amide bonds. The first-order valence-corrected chi connectivity index (χ1v) is 5.26. The van der Waals surface area contributed by atoms with Gasteiger partial charge in [-0.05, 0) is 20.3 Å². The molecule has 12 heavy (non-hydrogen) atoms. The van der Waals surface area contributed by atoms with Crippen LogP contribution in [0.1, 0.15) is 20.3 Å². The molecule has 1 unspecified atom stereocenters. The zero-order chi connectivity index (χ0) is 9.14. The quantitative estimate of drug-likeness (QED) is 0.664. The van der Waals surface area contributed by atoms with Crippen molar-refractivity contribution in [1.82, 2.24) is 4.90 Å². The fraction of sp³-hybridized carbons (Fsp3) is 0.750. The van der Waals surface area contributed by atoms with E-state index in [-0.39, 0.29) is 0 Å². The molecule has 3 nitrogen and oxygen atoms in total. The predicted octanol–water partition coefficient (Wildman–Crippen LogP) is 1.21. The number of hydrogen-bond acceptors (Lipinski definition) is 2. The Morgan fingerprint density at radius 3 is 2.67 bits per heavy atom. The van der Waals surface area contributed by atoms with Crippen LogP contribution in [0.25, 0.3) is 0 Å². The highest BCUT2D eigenvalue weighted by atomic mass is 32.2. The molecule has 0 bridgehead atoms. The minimum absolute atomic E-state index is 0.523. The smallest absolute Gasteiger partial charge is 0.182 e. The van der Waals surface area contributed by atoms with Gasteiger partial charge in [0, 0.05) is 24.0 Å². The lowest BCUT2D eigenvalue weighted by Crippen LogP contribution is -2.35. The number of rotatable bonds is 2. The lowest BCUT2D eigenvalue weighted by Gasteiger charge is -2.28. The van der Waals surface area contributed by atoms with Crippen molar-refractivity contribution in [3.8, 4) is 0 Å². The van der Waals surface area contributed by atoms with Crippen molar-refractivity contribution in [2.24, 2.45) is 0 Å². The molecule has 0 spiro atoms. The SMILES string of the molecule is CC(C)N1CC=C(S(=O)O)CC1. The van der Waals surface area contributed by atoms with E-state index in [1.807, 2.05) is 6.08 Å². The Hall–Kier alpha value is -0.190. The van der Waals surface area contributed by atoms with Gasteiger partial charge in [-0.25, -0.2) is 4.21 Å². The summed E-state index contributed by atoms with van der Waals surface area (Å²) in [6.07, 6.45) is 2.58. The van der Waals surface area contributed by atoms with Crippen LogP contribution in [0, 0.1) is 0 Å². The average Bonchev–Trinajstić information content (AvgIpc) is 2.04. The van der Waals surface area contributed by atoms with Crippen molar-refractivity contribution in [2.75, 3.05) is 13.1 Å². The van der Waals surface area contributed by atoms with Gasteiger partial charge in [-0.15, -0.1) is 0 Å². The molecular formula is C8H15NO2S. The Morgan fingerprint density at radius 2 is 2.33 bits per heavy atom. The molecule has 0 aliphatic carbocycles. The van der Waals surface area contributed by atoms with Crippen molar-refractivity contribution in [3.05, 3.63) is 11.0 Å². The average molecular weight is 189 g/mol. The summed E-state index contributed by atoms with van der Waals surface area (Å²) in [6.45, 7) is 5.97. The van der Waals surface area contributed by atoms with Crippen molar-refractivity contribution in [3.63, 3.8) is 0 Å². The maximum atomic E-state index is 10.7. The third-order valence-corrected chi connectivity index (χ3v) is 2.97. The molecule has 1 aliphatic rings. The van der Waals surface area contributed by atoms with Crippen molar-refractivity contribution in [1.29, 1.82) is 0 Å². The van der Waals surface area contributed by atoms with Crippen LogP contribution in [0.5, 0.6) is 0 Å². The highest BCUT2D eigenvalue weighted by molar-refractivity contribution is 7.83. The predicted molar refractivity (Wildman–Crippen MR) is 50.2 cm³/mol. The maximum absolute atomic E-state index is 10.7. The van der Waals surface area contributed by atoms with Gasteiger partial charge in [0.2, 0.25) is 0 Å². The Labute approximate surface area is 75.7 Å². The van der Waals surface area contributed by atoms with Gasteiger partial charge in [-0.1, -0.05) is 6.08 Å². The summed E-state index contributed by atoms with van der Waals surface area (Å²) in [4.78, 5) is 2.95.